The summed E-state index contributed by atoms with van der Waals surface area (Å²) in [7, 11) is 4.54. The minimum absolute atomic E-state index is 0. The Kier molecular flexibility index (Phi) is 4.58. The molecule has 0 bridgehead atoms. The first-order valence-electron chi connectivity index (χ1n) is 6.14. The van der Waals surface area contributed by atoms with Crippen LogP contribution in [-0.4, -0.2) is 16.1 Å². The molecule has 18 heavy (non-hydrogen) atoms. The fourth-order valence-electron chi connectivity index (χ4n) is 3.88. The monoisotopic (exact) mass is 361 g/mol. The van der Waals surface area contributed by atoms with Gasteiger partial charge in [-0.2, -0.15) is 0 Å². The van der Waals surface area contributed by atoms with E-state index in [1.54, 1.807) is 7.13 Å². The first-order valence-corrected chi connectivity index (χ1v) is 14.5. The number of benzene rings is 1. The molecule has 0 unspecified atom stereocenters. The molecule has 1 aromatic rings. The van der Waals surface area contributed by atoms with Crippen LogP contribution in [0.2, 0.25) is 3.73 Å². The van der Waals surface area contributed by atoms with E-state index in [1.165, 1.54) is 0 Å². The number of hydrogen-bond donors (Lipinski definition) is 0. The predicted molar refractivity (Wildman–Crippen MR) is 81.6 cm³/mol. The molecule has 1 nitrogen and oxygen atoms in total. The second kappa shape index (κ2) is 5.03. The zero-order valence-electron chi connectivity index (χ0n) is 11.1. The minimum Gasteiger partial charge on any atom is -0.147 e. The van der Waals surface area contributed by atoms with E-state index in [0.717, 1.165) is 6.42 Å². The Balaban J connectivity index is 0.000000810. The van der Waals surface area contributed by atoms with Crippen LogP contribution in [0.3, 0.4) is 0 Å². The predicted octanol–water partition coefficient (Wildman–Crippen LogP) is 2.85. The molecule has 0 saturated carbocycles. The van der Waals surface area contributed by atoms with Crippen molar-refractivity contribution in [2.75, 3.05) is 14.1 Å². The van der Waals surface area contributed by atoms with Crippen molar-refractivity contribution >= 4 is 29.6 Å². The zero-order chi connectivity index (χ0) is 11.4. The summed E-state index contributed by atoms with van der Waals surface area (Å²) in [6, 6.07) is 9.08. The molecule has 0 amide bonds. The van der Waals surface area contributed by atoms with E-state index in [2.05, 4.69) is 62.4 Å². The van der Waals surface area contributed by atoms with Crippen molar-refractivity contribution in [1.82, 2.24) is 2.03 Å². The summed E-state index contributed by atoms with van der Waals surface area (Å²) in [4.78, 5) is 0. The van der Waals surface area contributed by atoms with Gasteiger partial charge in [-0.05, 0) is 0 Å². The number of allylic oxidation sites excluding steroid dienone is 4. The van der Waals surface area contributed by atoms with Gasteiger partial charge in [-0.3, -0.25) is 0 Å². The second-order valence-electron chi connectivity index (χ2n) is 5.91. The maximum Gasteiger partial charge on any atom is -0.147 e. The van der Waals surface area contributed by atoms with Crippen molar-refractivity contribution < 1.29 is 24.3 Å². The summed E-state index contributed by atoms with van der Waals surface area (Å²) >= 11 is -3.09. The molecule has 0 radical (unpaired) electrons. The fraction of sp³-hybridized carbons (Fsp3) is 0.286. The summed E-state index contributed by atoms with van der Waals surface area (Å²) in [5.74, 6) is 0. The van der Waals surface area contributed by atoms with Gasteiger partial charge < -0.3 is 0 Å². The van der Waals surface area contributed by atoms with Crippen LogP contribution in [0.1, 0.15) is 6.42 Å². The molecule has 0 aromatic heterocycles. The Morgan fingerprint density at radius 2 is 1.61 bits per heavy atom. The minimum atomic E-state index is -3.09. The van der Waals surface area contributed by atoms with E-state index >= 15 is 0 Å². The molecule has 1 aliphatic heterocycles. The van der Waals surface area contributed by atoms with Crippen molar-refractivity contribution in [2.24, 2.45) is 0 Å². The normalized spacial score (nSPS) is 20.1. The van der Waals surface area contributed by atoms with Crippen LogP contribution in [0.5, 0.6) is 0 Å². The maximum absolute atomic E-state index is 3.09. The van der Waals surface area contributed by atoms with Gasteiger partial charge >= 0.3 is 100 Å². The summed E-state index contributed by atoms with van der Waals surface area (Å²) in [6.07, 6.45) is 8.06. The Morgan fingerprint density at radius 3 is 2.00 bits per heavy atom. The van der Waals surface area contributed by atoms with Gasteiger partial charge in [0.1, 0.15) is 0 Å². The molecule has 1 aliphatic carbocycles. The van der Waals surface area contributed by atoms with Crippen LogP contribution in [0.25, 0.3) is 0 Å². The van der Waals surface area contributed by atoms with E-state index in [0.29, 0.717) is 0 Å². The topological polar surface area (TPSA) is 3.24 Å². The van der Waals surface area contributed by atoms with Crippen LogP contribution >= 0.6 is 24.8 Å². The van der Waals surface area contributed by atoms with Crippen molar-refractivity contribution in [3.05, 3.63) is 44.9 Å². The SMILES string of the molecule is C[N](C)[Y]1([CH3])([C]2=CC=CC2)[c]2cccc[c]21.Cl.Cl. The van der Waals surface area contributed by atoms with Crippen molar-refractivity contribution in [3.8, 4) is 0 Å². The fourth-order valence-corrected chi connectivity index (χ4v) is 24.5. The summed E-state index contributed by atoms with van der Waals surface area (Å²) < 4.78 is 10.2. The van der Waals surface area contributed by atoms with Gasteiger partial charge in [-0.15, -0.1) is 24.8 Å². The third kappa shape index (κ3) is 1.65. The second-order valence-corrected chi connectivity index (χ2v) is 22.9. The standard InChI is InChI=1S/C6H4.C5H5.C2H6N.CH3.2ClH.Y/c1-2-4-6-5-3-1;1-2-4-5-3-1;1-3-2;;;;/h1-4H;1-3H,4H2;1-2H3;1H3;2*1H;/q;;-1;;;;+1. The van der Waals surface area contributed by atoms with Gasteiger partial charge in [0.2, 0.25) is 0 Å². The van der Waals surface area contributed by atoms with E-state index in [-0.39, 0.29) is 24.8 Å². The van der Waals surface area contributed by atoms with Crippen molar-refractivity contribution in [2.45, 2.75) is 10.2 Å². The Bertz CT molecular complexity index is 511. The molecular weight excluding hydrogens is 342 g/mol. The first-order chi connectivity index (χ1) is 7.60. The quantitative estimate of drug-likeness (QED) is 0.782. The average Bonchev–Trinajstić information content (AvgIpc) is 2.71. The molecular formula is C14H20Cl2NY. The van der Waals surface area contributed by atoms with E-state index in [4.69, 9.17) is 0 Å². The summed E-state index contributed by atoms with van der Waals surface area (Å²) in [6.45, 7) is 0. The smallest absolute Gasteiger partial charge is 0.147 e. The van der Waals surface area contributed by atoms with Crippen LogP contribution < -0.4 is 4.75 Å². The first kappa shape index (κ1) is 16.4. The molecule has 0 atom stereocenters. The number of nitrogens with zero attached hydrogens (tertiary/aromatic N) is 1. The molecule has 98 valence electrons. The summed E-state index contributed by atoms with van der Waals surface area (Å²) in [5, 5.41) is 0. The van der Waals surface area contributed by atoms with Gasteiger partial charge in [0.25, 0.3) is 0 Å². The van der Waals surface area contributed by atoms with E-state index in [9.17, 15) is 0 Å². The third-order valence-electron chi connectivity index (χ3n) is 5.43. The van der Waals surface area contributed by atoms with Crippen LogP contribution in [0.4, 0.5) is 0 Å². The summed E-state index contributed by atoms with van der Waals surface area (Å²) in [5.41, 5.74) is 0. The molecule has 0 saturated heterocycles. The van der Waals surface area contributed by atoms with Gasteiger partial charge in [0, 0.05) is 0 Å². The number of hydrogen-bond acceptors (Lipinski definition) is 1. The molecule has 1 aromatic carbocycles. The van der Waals surface area contributed by atoms with Crippen LogP contribution in [0, 0.1) is 0 Å². The number of rotatable bonds is 2. The Hall–Kier alpha value is 0.344. The average molecular weight is 362 g/mol. The largest absolute Gasteiger partial charge is 0.147 e. The Morgan fingerprint density at radius 1 is 1.06 bits per heavy atom. The molecule has 0 spiro atoms. The molecule has 0 N–H and O–H groups in total. The molecule has 1 heterocycles. The molecule has 2 aliphatic rings. The molecule has 0 fully saturated rings. The van der Waals surface area contributed by atoms with Gasteiger partial charge in [0.05, 0.1) is 0 Å². The van der Waals surface area contributed by atoms with Crippen molar-refractivity contribution in [1.29, 1.82) is 0 Å². The van der Waals surface area contributed by atoms with E-state index in [1.807, 2.05) is 0 Å². The maximum atomic E-state index is 2.57. The van der Waals surface area contributed by atoms with Gasteiger partial charge in [0.15, 0.2) is 0 Å². The third-order valence-corrected chi connectivity index (χ3v) is 26.5. The van der Waals surface area contributed by atoms with Crippen LogP contribution in [0.15, 0.2) is 44.9 Å². The van der Waals surface area contributed by atoms with Gasteiger partial charge in [-0.25, -0.2) is 0 Å². The van der Waals surface area contributed by atoms with Crippen LogP contribution in [-0.2, 0) is 24.3 Å². The number of halogens is 2. The van der Waals surface area contributed by atoms with Gasteiger partial charge in [-0.1, -0.05) is 0 Å². The molecule has 4 heteroatoms. The Labute approximate surface area is 124 Å². The number of fused-ring (bicyclic) bond motifs is 1. The zero-order valence-corrected chi connectivity index (χ0v) is 15.6. The van der Waals surface area contributed by atoms with Crippen molar-refractivity contribution in [3.63, 3.8) is 0 Å². The van der Waals surface area contributed by atoms with E-state index < -0.39 is 24.3 Å². The molecule has 3 rings (SSSR count).